The minimum atomic E-state index is -0.542. The van der Waals surface area contributed by atoms with Gasteiger partial charge in [0.2, 0.25) is 0 Å². The van der Waals surface area contributed by atoms with Gasteiger partial charge in [-0.3, -0.25) is 9.59 Å². The SMILES string of the molecule is COC(=O)c1ccc(C=C(C(=O)NCc2ccc(C(=O)Nc3ccccc3N)cc2)c2ccccc2F)cc1. The van der Waals surface area contributed by atoms with E-state index >= 15 is 0 Å². The van der Waals surface area contributed by atoms with Crippen molar-refractivity contribution in [3.63, 3.8) is 0 Å². The predicted octanol–water partition coefficient (Wildman–Crippen LogP) is 5.30. The summed E-state index contributed by atoms with van der Waals surface area (Å²) in [4.78, 5) is 37.5. The molecule has 7 nitrogen and oxygen atoms in total. The molecule has 39 heavy (non-hydrogen) atoms. The van der Waals surface area contributed by atoms with E-state index in [2.05, 4.69) is 10.6 Å². The molecule has 0 aliphatic rings. The Labute approximate surface area is 225 Å². The smallest absolute Gasteiger partial charge is 0.337 e. The zero-order chi connectivity index (χ0) is 27.8. The molecular weight excluding hydrogens is 497 g/mol. The van der Waals surface area contributed by atoms with Crippen LogP contribution < -0.4 is 16.4 Å². The standard InChI is InChI=1S/C31H26FN3O4/c1-39-31(38)23-16-10-20(11-17-23)18-25(24-6-2-3-7-26(24)32)30(37)34-19-21-12-14-22(15-13-21)29(36)35-28-9-5-4-8-27(28)33/h2-18H,19,33H2,1H3,(H,34,37)(H,35,36). The van der Waals surface area contributed by atoms with Gasteiger partial charge in [0.1, 0.15) is 5.82 Å². The second kappa shape index (κ2) is 12.3. The van der Waals surface area contributed by atoms with E-state index in [0.29, 0.717) is 28.1 Å². The Hall–Kier alpha value is -5.24. The number of nitrogens with two attached hydrogens (primary N) is 1. The molecule has 4 aromatic carbocycles. The molecule has 4 aromatic rings. The van der Waals surface area contributed by atoms with E-state index in [1.54, 1.807) is 91.0 Å². The molecule has 0 aliphatic heterocycles. The number of anilines is 2. The third-order valence-electron chi connectivity index (χ3n) is 5.93. The number of carbonyl (C=O) groups excluding carboxylic acids is 3. The molecule has 0 saturated carbocycles. The zero-order valence-corrected chi connectivity index (χ0v) is 21.1. The number of para-hydroxylation sites is 2. The van der Waals surface area contributed by atoms with Crippen molar-refractivity contribution in [1.29, 1.82) is 0 Å². The van der Waals surface area contributed by atoms with E-state index in [4.69, 9.17) is 10.5 Å². The maximum absolute atomic E-state index is 14.7. The van der Waals surface area contributed by atoms with E-state index in [1.807, 2.05) is 0 Å². The molecule has 0 radical (unpaired) electrons. The number of halogens is 1. The summed E-state index contributed by atoms with van der Waals surface area (Å²) in [6.07, 6.45) is 1.55. The molecule has 2 amide bonds. The van der Waals surface area contributed by atoms with Crippen molar-refractivity contribution in [2.45, 2.75) is 6.54 Å². The van der Waals surface area contributed by atoms with Crippen LogP contribution in [0.5, 0.6) is 0 Å². The van der Waals surface area contributed by atoms with E-state index in [9.17, 15) is 18.8 Å². The number of rotatable bonds is 8. The van der Waals surface area contributed by atoms with Crippen molar-refractivity contribution >= 4 is 40.8 Å². The molecule has 0 aromatic heterocycles. The summed E-state index contributed by atoms with van der Waals surface area (Å²) in [6.45, 7) is 0.152. The maximum atomic E-state index is 14.7. The molecule has 0 unspecified atom stereocenters. The third-order valence-corrected chi connectivity index (χ3v) is 5.93. The van der Waals surface area contributed by atoms with Crippen LogP contribution in [0.2, 0.25) is 0 Å². The van der Waals surface area contributed by atoms with Crippen molar-refractivity contribution in [3.05, 3.63) is 131 Å². The van der Waals surface area contributed by atoms with Crippen molar-refractivity contribution in [2.24, 2.45) is 0 Å². The van der Waals surface area contributed by atoms with E-state index in [-0.39, 0.29) is 23.6 Å². The molecule has 0 bridgehead atoms. The summed E-state index contributed by atoms with van der Waals surface area (Å²) in [6, 6.07) is 26.1. The Kier molecular flexibility index (Phi) is 8.48. The Morgan fingerprint density at radius 1 is 0.846 bits per heavy atom. The lowest BCUT2D eigenvalue weighted by atomic mass is 10.0. The number of esters is 1. The van der Waals surface area contributed by atoms with Gasteiger partial charge < -0.3 is 21.1 Å². The molecule has 0 fully saturated rings. The summed E-state index contributed by atoms with van der Waals surface area (Å²) in [7, 11) is 1.29. The molecule has 196 valence electrons. The van der Waals surface area contributed by atoms with Crippen LogP contribution in [0.4, 0.5) is 15.8 Å². The highest BCUT2D eigenvalue weighted by atomic mass is 19.1. The fraction of sp³-hybridized carbons (Fsp3) is 0.0645. The van der Waals surface area contributed by atoms with Crippen LogP contribution >= 0.6 is 0 Å². The first-order valence-corrected chi connectivity index (χ1v) is 12.0. The predicted molar refractivity (Wildman–Crippen MR) is 149 cm³/mol. The molecular formula is C31H26FN3O4. The first-order valence-electron chi connectivity index (χ1n) is 12.0. The number of ether oxygens (including phenoxy) is 1. The number of methoxy groups -OCH3 is 1. The molecule has 4 N–H and O–H groups in total. The van der Waals surface area contributed by atoms with Crippen LogP contribution in [0.15, 0.2) is 97.1 Å². The van der Waals surface area contributed by atoms with Crippen LogP contribution in [-0.2, 0) is 16.1 Å². The lowest BCUT2D eigenvalue weighted by molar-refractivity contribution is -0.115. The molecule has 0 atom stereocenters. The normalized spacial score (nSPS) is 11.0. The monoisotopic (exact) mass is 523 g/mol. The fourth-order valence-electron chi connectivity index (χ4n) is 3.80. The van der Waals surface area contributed by atoms with Gasteiger partial charge in [0.25, 0.3) is 11.8 Å². The Balaban J connectivity index is 1.48. The number of nitrogens with one attached hydrogen (secondary N) is 2. The van der Waals surface area contributed by atoms with Crippen LogP contribution in [0.1, 0.15) is 37.4 Å². The van der Waals surface area contributed by atoms with Crippen molar-refractivity contribution < 1.29 is 23.5 Å². The van der Waals surface area contributed by atoms with Gasteiger partial charge in [-0.2, -0.15) is 0 Å². The lowest BCUT2D eigenvalue weighted by Crippen LogP contribution is -2.24. The van der Waals surface area contributed by atoms with Gasteiger partial charge in [-0.25, -0.2) is 9.18 Å². The first-order chi connectivity index (χ1) is 18.9. The second-order valence-corrected chi connectivity index (χ2v) is 8.57. The summed E-state index contributed by atoms with van der Waals surface area (Å²) in [5.41, 5.74) is 9.26. The van der Waals surface area contributed by atoms with E-state index in [1.165, 1.54) is 19.2 Å². The zero-order valence-electron chi connectivity index (χ0n) is 21.1. The van der Waals surface area contributed by atoms with Gasteiger partial charge in [-0.1, -0.05) is 54.6 Å². The van der Waals surface area contributed by atoms with Crippen molar-refractivity contribution in [1.82, 2.24) is 5.32 Å². The van der Waals surface area contributed by atoms with Gasteiger partial charge in [0.15, 0.2) is 0 Å². The van der Waals surface area contributed by atoms with E-state index in [0.717, 1.165) is 5.56 Å². The van der Waals surface area contributed by atoms with Gasteiger partial charge in [0.05, 0.1) is 29.6 Å². The quantitative estimate of drug-likeness (QED) is 0.126. The molecule has 0 heterocycles. The van der Waals surface area contributed by atoms with Crippen LogP contribution in [0.25, 0.3) is 11.6 Å². The number of benzene rings is 4. The lowest BCUT2D eigenvalue weighted by Gasteiger charge is -2.12. The average molecular weight is 524 g/mol. The summed E-state index contributed by atoms with van der Waals surface area (Å²) in [5, 5.41) is 5.58. The van der Waals surface area contributed by atoms with Gasteiger partial charge >= 0.3 is 5.97 Å². The maximum Gasteiger partial charge on any atom is 0.337 e. The highest BCUT2D eigenvalue weighted by molar-refractivity contribution is 6.24. The molecule has 4 rings (SSSR count). The number of carbonyl (C=O) groups is 3. The molecule has 8 heteroatoms. The highest BCUT2D eigenvalue weighted by Crippen LogP contribution is 2.23. The van der Waals surface area contributed by atoms with Gasteiger partial charge in [-0.05, 0) is 59.7 Å². The van der Waals surface area contributed by atoms with Crippen molar-refractivity contribution in [2.75, 3.05) is 18.2 Å². The summed E-state index contributed by atoms with van der Waals surface area (Å²) >= 11 is 0. The van der Waals surface area contributed by atoms with Crippen LogP contribution in [0, 0.1) is 5.82 Å². The van der Waals surface area contributed by atoms with Crippen molar-refractivity contribution in [3.8, 4) is 0 Å². The molecule has 0 aliphatic carbocycles. The fourth-order valence-corrected chi connectivity index (χ4v) is 3.80. The van der Waals surface area contributed by atoms with Gasteiger partial charge in [0, 0.05) is 17.7 Å². The second-order valence-electron chi connectivity index (χ2n) is 8.57. The number of hydrogen-bond donors (Lipinski definition) is 3. The Morgan fingerprint density at radius 2 is 1.49 bits per heavy atom. The van der Waals surface area contributed by atoms with Gasteiger partial charge in [-0.15, -0.1) is 0 Å². The van der Waals surface area contributed by atoms with E-state index < -0.39 is 17.7 Å². The summed E-state index contributed by atoms with van der Waals surface area (Å²) in [5.74, 6) is -1.82. The molecule has 0 saturated heterocycles. The number of nitrogen functional groups attached to an aromatic ring is 1. The first kappa shape index (κ1) is 26.8. The highest BCUT2D eigenvalue weighted by Gasteiger charge is 2.16. The van der Waals surface area contributed by atoms with Crippen LogP contribution in [0.3, 0.4) is 0 Å². The minimum Gasteiger partial charge on any atom is -0.465 e. The minimum absolute atomic E-state index is 0.121. The summed E-state index contributed by atoms with van der Waals surface area (Å²) < 4.78 is 19.4. The average Bonchev–Trinajstić information content (AvgIpc) is 2.96. The molecule has 0 spiro atoms. The van der Waals surface area contributed by atoms with Crippen LogP contribution in [-0.4, -0.2) is 24.9 Å². The topological polar surface area (TPSA) is 111 Å². The largest absolute Gasteiger partial charge is 0.465 e. The Morgan fingerprint density at radius 3 is 2.15 bits per heavy atom. The Bertz CT molecular complexity index is 1530. The third kappa shape index (κ3) is 6.75. The number of hydrogen-bond acceptors (Lipinski definition) is 5. The number of amides is 2.